The highest BCUT2D eigenvalue weighted by molar-refractivity contribution is 5.93. The van der Waals surface area contributed by atoms with Crippen molar-refractivity contribution in [3.63, 3.8) is 0 Å². The Morgan fingerprint density at radius 1 is 1.08 bits per heavy atom. The van der Waals surface area contributed by atoms with Crippen LogP contribution < -0.4 is 20.3 Å². The van der Waals surface area contributed by atoms with E-state index in [1.165, 1.54) is 0 Å². The molecule has 11 nitrogen and oxygen atoms in total. The fourth-order valence-electron chi connectivity index (χ4n) is 3.65. The zero-order valence-corrected chi connectivity index (χ0v) is 21.5. The van der Waals surface area contributed by atoms with Crippen molar-refractivity contribution in [2.75, 3.05) is 76.9 Å². The van der Waals surface area contributed by atoms with Gasteiger partial charge in [0.1, 0.15) is 0 Å². The Balaban J connectivity index is 1.84. The van der Waals surface area contributed by atoms with Gasteiger partial charge in [0.15, 0.2) is 23.1 Å². The van der Waals surface area contributed by atoms with Gasteiger partial charge in [-0.25, -0.2) is 19.6 Å². The van der Waals surface area contributed by atoms with Crippen LogP contribution in [0.15, 0.2) is 24.3 Å². The lowest BCUT2D eigenvalue weighted by Crippen LogP contribution is -2.37. The Bertz CT molecular complexity index is 1010. The molecule has 2 aromatic rings. The van der Waals surface area contributed by atoms with Gasteiger partial charge in [-0.15, -0.1) is 0 Å². The third kappa shape index (κ3) is 7.53. The Hall–Kier alpha value is -3.44. The monoisotopic (exact) mass is 500 g/mol. The number of urea groups is 1. The summed E-state index contributed by atoms with van der Waals surface area (Å²) in [7, 11) is 3.99. The fourth-order valence-corrected chi connectivity index (χ4v) is 3.65. The number of anilines is 2. The summed E-state index contributed by atoms with van der Waals surface area (Å²) in [5.74, 6) is 0.643. The van der Waals surface area contributed by atoms with Crippen LogP contribution in [0.1, 0.15) is 30.8 Å². The lowest BCUT2D eigenvalue weighted by Gasteiger charge is -2.29. The summed E-state index contributed by atoms with van der Waals surface area (Å²) in [6, 6.07) is 6.88. The molecule has 11 heteroatoms. The molecule has 2 heterocycles. The summed E-state index contributed by atoms with van der Waals surface area (Å²) in [5, 5.41) is 5.67. The molecular weight excluding hydrogens is 464 g/mol. The van der Waals surface area contributed by atoms with E-state index in [9.17, 15) is 9.59 Å². The van der Waals surface area contributed by atoms with Gasteiger partial charge in [0.2, 0.25) is 0 Å². The van der Waals surface area contributed by atoms with Crippen molar-refractivity contribution >= 4 is 23.5 Å². The largest absolute Gasteiger partial charge is 0.488 e. The highest BCUT2D eigenvalue weighted by Gasteiger charge is 2.27. The lowest BCUT2D eigenvalue weighted by atomic mass is 10.2. The van der Waals surface area contributed by atoms with Crippen molar-refractivity contribution in [2.24, 2.45) is 0 Å². The first-order valence-corrected chi connectivity index (χ1v) is 12.3. The molecule has 2 N–H and O–H groups in total. The van der Waals surface area contributed by atoms with E-state index in [1.807, 2.05) is 25.9 Å². The highest BCUT2D eigenvalue weighted by atomic mass is 16.5. The van der Waals surface area contributed by atoms with E-state index >= 15 is 0 Å². The molecule has 36 heavy (non-hydrogen) atoms. The number of benzene rings is 1. The predicted octanol–water partition coefficient (Wildman–Crippen LogP) is 2.63. The summed E-state index contributed by atoms with van der Waals surface area (Å²) < 4.78 is 16.6. The van der Waals surface area contributed by atoms with Crippen LogP contribution in [0.5, 0.6) is 5.75 Å². The van der Waals surface area contributed by atoms with Crippen LogP contribution in [0.3, 0.4) is 0 Å². The average Bonchev–Trinajstić information content (AvgIpc) is 2.88. The number of morpholine rings is 1. The first-order valence-electron chi connectivity index (χ1n) is 12.3. The molecule has 1 aliphatic heterocycles. The molecule has 0 aliphatic carbocycles. The molecule has 3 rings (SSSR count). The maximum Gasteiger partial charge on any atom is 0.361 e. The fraction of sp³-hybridized carbons (Fsp3) is 0.520. The quantitative estimate of drug-likeness (QED) is 0.355. The van der Waals surface area contributed by atoms with E-state index in [4.69, 9.17) is 19.2 Å². The van der Waals surface area contributed by atoms with Gasteiger partial charge in [-0.1, -0.05) is 0 Å². The van der Waals surface area contributed by atoms with Crippen molar-refractivity contribution < 1.29 is 23.8 Å². The van der Waals surface area contributed by atoms with Crippen molar-refractivity contribution in [2.45, 2.75) is 20.3 Å². The molecular formula is C25H36N6O5. The van der Waals surface area contributed by atoms with Crippen molar-refractivity contribution in [1.29, 1.82) is 0 Å². The summed E-state index contributed by atoms with van der Waals surface area (Å²) in [6.07, 6.45) is 0.864. The van der Waals surface area contributed by atoms with Crippen molar-refractivity contribution in [3.8, 4) is 17.1 Å². The number of ether oxygens (including phenoxy) is 3. The summed E-state index contributed by atoms with van der Waals surface area (Å²) in [4.78, 5) is 38.3. The molecule has 196 valence electrons. The number of nitrogens with one attached hydrogen (secondary N) is 2. The number of amides is 2. The smallest absolute Gasteiger partial charge is 0.361 e. The average molecular weight is 501 g/mol. The third-order valence-electron chi connectivity index (χ3n) is 5.38. The van der Waals surface area contributed by atoms with Crippen LogP contribution in [0.25, 0.3) is 11.4 Å². The number of carbonyl (C=O) groups is 2. The molecule has 1 fully saturated rings. The predicted molar refractivity (Wildman–Crippen MR) is 138 cm³/mol. The van der Waals surface area contributed by atoms with Gasteiger partial charge in [-0.05, 0) is 65.2 Å². The zero-order valence-electron chi connectivity index (χ0n) is 21.5. The van der Waals surface area contributed by atoms with Crippen LogP contribution >= 0.6 is 0 Å². The van der Waals surface area contributed by atoms with E-state index in [0.29, 0.717) is 68.1 Å². The van der Waals surface area contributed by atoms with Crippen LogP contribution in [-0.2, 0) is 9.47 Å². The first-order chi connectivity index (χ1) is 17.4. The van der Waals surface area contributed by atoms with E-state index < -0.39 is 5.97 Å². The molecule has 1 aromatic carbocycles. The van der Waals surface area contributed by atoms with Gasteiger partial charge in [-0.3, -0.25) is 0 Å². The number of aromatic nitrogens is 2. The minimum atomic E-state index is -0.566. The Morgan fingerprint density at radius 3 is 2.44 bits per heavy atom. The van der Waals surface area contributed by atoms with Gasteiger partial charge in [0, 0.05) is 30.9 Å². The topological polar surface area (TPSA) is 118 Å². The van der Waals surface area contributed by atoms with Crippen LogP contribution in [0, 0.1) is 0 Å². The van der Waals surface area contributed by atoms with E-state index in [2.05, 4.69) is 20.5 Å². The SMILES string of the molecule is CCOC(=O)c1nc(-c2ccc(NC(=O)NCCCN(C)C)cc2)nc(N2CCOCC2)c1OCC. The van der Waals surface area contributed by atoms with Crippen LogP contribution in [0.4, 0.5) is 16.3 Å². The van der Waals surface area contributed by atoms with Gasteiger partial charge in [-0.2, -0.15) is 0 Å². The van der Waals surface area contributed by atoms with Crippen LogP contribution in [-0.4, -0.2) is 93.6 Å². The molecule has 2 amide bonds. The normalized spacial score (nSPS) is 13.4. The number of hydrogen-bond donors (Lipinski definition) is 2. The maximum absolute atomic E-state index is 12.8. The van der Waals surface area contributed by atoms with Crippen molar-refractivity contribution in [3.05, 3.63) is 30.0 Å². The summed E-state index contributed by atoms with van der Waals surface area (Å²) >= 11 is 0. The molecule has 0 bridgehead atoms. The second-order valence-electron chi connectivity index (χ2n) is 8.42. The summed E-state index contributed by atoms with van der Waals surface area (Å²) in [6.45, 7) is 7.98. The maximum atomic E-state index is 12.8. The van der Waals surface area contributed by atoms with E-state index in [-0.39, 0.29) is 18.3 Å². The number of hydrogen-bond acceptors (Lipinski definition) is 9. The number of carbonyl (C=O) groups excluding carboxylic acids is 2. The van der Waals surface area contributed by atoms with Crippen LogP contribution in [0.2, 0.25) is 0 Å². The Kier molecular flexibility index (Phi) is 10.3. The minimum absolute atomic E-state index is 0.0875. The summed E-state index contributed by atoms with van der Waals surface area (Å²) in [5.41, 5.74) is 1.41. The number of esters is 1. The molecule has 1 saturated heterocycles. The second kappa shape index (κ2) is 13.6. The molecule has 1 aliphatic rings. The van der Waals surface area contributed by atoms with Gasteiger partial charge in [0.25, 0.3) is 0 Å². The number of nitrogens with zero attached hydrogens (tertiary/aromatic N) is 4. The number of rotatable bonds is 11. The zero-order chi connectivity index (χ0) is 25.9. The molecule has 0 atom stereocenters. The standard InChI is InChI=1S/C25H36N6O5/c1-5-35-21-20(24(32)36-6-2)28-22(29-23(21)31-14-16-34-17-15-31)18-8-10-19(11-9-18)27-25(33)26-12-7-13-30(3)4/h8-11H,5-7,12-17H2,1-4H3,(H2,26,27,33). The minimum Gasteiger partial charge on any atom is -0.488 e. The van der Waals surface area contributed by atoms with E-state index in [0.717, 1.165) is 13.0 Å². The van der Waals surface area contributed by atoms with E-state index in [1.54, 1.807) is 31.2 Å². The lowest BCUT2D eigenvalue weighted by molar-refractivity contribution is 0.0514. The van der Waals surface area contributed by atoms with Gasteiger partial charge in [0.05, 0.1) is 26.4 Å². The molecule has 0 spiro atoms. The Labute approximate surface area is 212 Å². The molecule has 1 aromatic heterocycles. The second-order valence-corrected chi connectivity index (χ2v) is 8.42. The molecule has 0 radical (unpaired) electrons. The van der Waals surface area contributed by atoms with Crippen molar-refractivity contribution in [1.82, 2.24) is 20.2 Å². The highest BCUT2D eigenvalue weighted by Crippen LogP contribution is 2.33. The van der Waals surface area contributed by atoms with Gasteiger partial charge >= 0.3 is 12.0 Å². The Morgan fingerprint density at radius 2 is 1.81 bits per heavy atom. The first kappa shape index (κ1) is 27.2. The molecule has 0 unspecified atom stereocenters. The van der Waals surface area contributed by atoms with Gasteiger partial charge < -0.3 is 34.6 Å². The molecule has 0 saturated carbocycles. The third-order valence-corrected chi connectivity index (χ3v) is 5.38.